The minimum absolute atomic E-state index is 0.138. The molecular weight excluding hydrogens is 477 g/mol. The Labute approximate surface area is 197 Å². The summed E-state index contributed by atoms with van der Waals surface area (Å²) in [6, 6.07) is 9.69. The van der Waals surface area contributed by atoms with Gasteiger partial charge in [0.1, 0.15) is 5.75 Å². The molecule has 0 unspecified atom stereocenters. The largest absolute Gasteiger partial charge is 0.492 e. The van der Waals surface area contributed by atoms with Crippen molar-refractivity contribution in [1.29, 1.82) is 0 Å². The van der Waals surface area contributed by atoms with E-state index >= 15 is 0 Å². The van der Waals surface area contributed by atoms with Crippen molar-refractivity contribution in [3.05, 3.63) is 68.9 Å². The number of hydrogen-bond donors (Lipinski definition) is 3. The maximum Gasteiger partial charge on any atom is 0.291 e. The zero-order chi connectivity index (χ0) is 23.1. The number of hydrogen-bond acceptors (Lipinski definition) is 6. The first kappa shape index (κ1) is 23.6. The molecule has 3 N–H and O–H groups in total. The van der Waals surface area contributed by atoms with Crippen LogP contribution in [0, 0.1) is 6.92 Å². The third kappa shape index (κ3) is 6.49. The van der Waals surface area contributed by atoms with Gasteiger partial charge in [0, 0.05) is 11.4 Å². The number of thiophene rings is 1. The van der Waals surface area contributed by atoms with Gasteiger partial charge in [0.15, 0.2) is 5.76 Å². The average molecular weight is 496 g/mol. The average Bonchev–Trinajstić information content (AvgIpc) is 3.41. The lowest BCUT2D eigenvalue weighted by Gasteiger charge is -2.09. The molecule has 3 rings (SSSR count). The van der Waals surface area contributed by atoms with Gasteiger partial charge in [-0.3, -0.25) is 25.2 Å². The predicted octanol–water partition coefficient (Wildman–Crippen LogP) is 4.83. The maximum absolute atomic E-state index is 12.4. The van der Waals surface area contributed by atoms with Crippen LogP contribution in [0.5, 0.6) is 5.75 Å². The lowest BCUT2D eigenvalue weighted by molar-refractivity contribution is -0.122. The lowest BCUT2D eigenvalue weighted by Crippen LogP contribution is -2.41. The fraction of sp³-hybridized carbons (Fsp3) is 0.190. The van der Waals surface area contributed by atoms with E-state index in [0.29, 0.717) is 37.7 Å². The quantitative estimate of drug-likeness (QED) is 0.306. The Hall–Kier alpha value is -3.01. The Balaban J connectivity index is 1.41. The number of nitrogens with one attached hydrogen (secondary N) is 3. The van der Waals surface area contributed by atoms with Crippen molar-refractivity contribution >= 4 is 57.3 Å². The minimum Gasteiger partial charge on any atom is -0.492 e. The topological polar surface area (TPSA) is 110 Å². The van der Waals surface area contributed by atoms with E-state index in [0.717, 1.165) is 11.3 Å². The first-order valence-corrected chi connectivity index (χ1v) is 11.0. The number of furan rings is 1. The molecule has 0 saturated carbocycles. The van der Waals surface area contributed by atoms with E-state index in [-0.39, 0.29) is 24.7 Å². The van der Waals surface area contributed by atoms with Crippen LogP contribution >= 0.6 is 34.5 Å². The summed E-state index contributed by atoms with van der Waals surface area (Å²) < 4.78 is 10.6. The van der Waals surface area contributed by atoms with Crippen molar-refractivity contribution in [2.75, 3.05) is 11.9 Å². The highest BCUT2D eigenvalue weighted by Gasteiger charge is 2.17. The molecule has 1 aromatic carbocycles. The molecule has 2 heterocycles. The Morgan fingerprint density at radius 2 is 1.91 bits per heavy atom. The number of hydrazine groups is 1. The van der Waals surface area contributed by atoms with Gasteiger partial charge in [-0.05, 0) is 55.3 Å². The zero-order valence-electron chi connectivity index (χ0n) is 16.9. The van der Waals surface area contributed by atoms with E-state index in [9.17, 15) is 14.4 Å². The smallest absolute Gasteiger partial charge is 0.291 e. The van der Waals surface area contributed by atoms with Gasteiger partial charge in [-0.1, -0.05) is 23.2 Å². The van der Waals surface area contributed by atoms with Crippen LogP contribution < -0.4 is 20.9 Å². The van der Waals surface area contributed by atoms with Gasteiger partial charge in [-0.15, -0.1) is 11.3 Å². The Bertz CT molecular complexity index is 1110. The van der Waals surface area contributed by atoms with Gasteiger partial charge in [0.05, 0.1) is 27.8 Å². The molecule has 0 aliphatic carbocycles. The lowest BCUT2D eigenvalue weighted by atomic mass is 10.3. The highest BCUT2D eigenvalue weighted by molar-refractivity contribution is 7.18. The van der Waals surface area contributed by atoms with E-state index in [4.69, 9.17) is 32.4 Å². The fourth-order valence-electron chi connectivity index (χ4n) is 2.60. The molecule has 2 aromatic heterocycles. The number of carbonyl (C=O) groups is 3. The number of anilines is 1. The monoisotopic (exact) mass is 495 g/mol. The molecule has 0 bridgehead atoms. The molecule has 0 fully saturated rings. The summed E-state index contributed by atoms with van der Waals surface area (Å²) in [4.78, 5) is 36.8. The Morgan fingerprint density at radius 3 is 2.62 bits per heavy atom. The highest BCUT2D eigenvalue weighted by atomic mass is 35.5. The zero-order valence-corrected chi connectivity index (χ0v) is 19.2. The first-order chi connectivity index (χ1) is 15.3. The van der Waals surface area contributed by atoms with Crippen LogP contribution in [0.25, 0.3) is 0 Å². The number of amides is 3. The number of benzene rings is 1. The van der Waals surface area contributed by atoms with Gasteiger partial charge in [-0.2, -0.15) is 0 Å². The van der Waals surface area contributed by atoms with Gasteiger partial charge >= 0.3 is 0 Å². The van der Waals surface area contributed by atoms with Gasteiger partial charge < -0.3 is 14.5 Å². The van der Waals surface area contributed by atoms with Crippen LogP contribution in [0.4, 0.5) is 5.00 Å². The second kappa shape index (κ2) is 11.0. The maximum atomic E-state index is 12.4. The summed E-state index contributed by atoms with van der Waals surface area (Å²) in [6.45, 7) is 2.00. The van der Waals surface area contributed by atoms with Crippen LogP contribution in [-0.2, 0) is 4.79 Å². The number of carbonyl (C=O) groups excluding carboxylic acids is 3. The van der Waals surface area contributed by atoms with E-state index in [1.54, 1.807) is 37.3 Å². The Morgan fingerprint density at radius 1 is 1.09 bits per heavy atom. The summed E-state index contributed by atoms with van der Waals surface area (Å²) in [7, 11) is 0. The van der Waals surface area contributed by atoms with E-state index in [1.807, 2.05) is 0 Å². The van der Waals surface area contributed by atoms with Gasteiger partial charge in [-0.25, -0.2) is 0 Å². The summed E-state index contributed by atoms with van der Waals surface area (Å²) >= 11 is 12.9. The SMILES string of the molecule is Cc1cc(NC(=O)c2ccco2)sc1C(=O)NNC(=O)CCCOc1ccc(Cl)cc1Cl. The molecule has 0 aliphatic rings. The third-order valence-electron chi connectivity index (χ3n) is 4.12. The summed E-state index contributed by atoms with van der Waals surface area (Å²) in [5.41, 5.74) is 5.39. The molecule has 0 spiro atoms. The van der Waals surface area contributed by atoms with Crippen molar-refractivity contribution in [2.24, 2.45) is 0 Å². The number of halogens is 2. The highest BCUT2D eigenvalue weighted by Crippen LogP contribution is 2.28. The third-order valence-corrected chi connectivity index (χ3v) is 5.80. The standard InChI is InChI=1S/C21H19Cl2N3O5S/c1-12-10-18(24-20(28)16-4-2-8-31-16)32-19(12)21(29)26-25-17(27)5-3-9-30-15-7-6-13(22)11-14(15)23/h2,4,6-8,10-11H,3,5,9H2,1H3,(H,24,28)(H,25,27)(H,26,29). The summed E-state index contributed by atoms with van der Waals surface area (Å²) in [5, 5.41) is 4.05. The number of aryl methyl sites for hydroxylation is 1. The van der Waals surface area contributed by atoms with Crippen LogP contribution in [0.15, 0.2) is 47.1 Å². The minimum atomic E-state index is -0.483. The van der Waals surface area contributed by atoms with Crippen LogP contribution in [0.1, 0.15) is 38.6 Å². The van der Waals surface area contributed by atoms with Crippen LogP contribution in [0.3, 0.4) is 0 Å². The van der Waals surface area contributed by atoms with E-state index in [1.165, 1.54) is 12.3 Å². The van der Waals surface area contributed by atoms with E-state index < -0.39 is 11.8 Å². The molecule has 0 radical (unpaired) electrons. The first-order valence-electron chi connectivity index (χ1n) is 9.46. The van der Waals surface area contributed by atoms with Crippen molar-refractivity contribution in [3.63, 3.8) is 0 Å². The van der Waals surface area contributed by atoms with Gasteiger partial charge in [0.2, 0.25) is 5.91 Å². The molecule has 0 saturated heterocycles. The van der Waals surface area contributed by atoms with Crippen LogP contribution in [-0.4, -0.2) is 24.3 Å². The normalized spacial score (nSPS) is 10.5. The predicted molar refractivity (Wildman–Crippen MR) is 123 cm³/mol. The number of ether oxygens (including phenoxy) is 1. The molecule has 11 heteroatoms. The molecule has 32 heavy (non-hydrogen) atoms. The molecule has 3 amide bonds. The van der Waals surface area contributed by atoms with E-state index in [2.05, 4.69) is 16.2 Å². The van der Waals surface area contributed by atoms with Crippen molar-refractivity contribution in [2.45, 2.75) is 19.8 Å². The van der Waals surface area contributed by atoms with Gasteiger partial charge in [0.25, 0.3) is 11.8 Å². The van der Waals surface area contributed by atoms with Crippen molar-refractivity contribution < 1.29 is 23.5 Å². The summed E-state index contributed by atoms with van der Waals surface area (Å²) in [5.74, 6) is -0.628. The van der Waals surface area contributed by atoms with Crippen LogP contribution in [0.2, 0.25) is 10.0 Å². The Kier molecular flexibility index (Phi) is 8.15. The molecule has 0 aliphatic heterocycles. The molecule has 168 valence electrons. The molecule has 0 atom stereocenters. The molecule has 8 nitrogen and oxygen atoms in total. The second-order valence-corrected chi connectivity index (χ2v) is 8.48. The molecule has 3 aromatic rings. The summed E-state index contributed by atoms with van der Waals surface area (Å²) in [6.07, 6.45) is 1.95. The second-order valence-electron chi connectivity index (χ2n) is 6.58. The number of rotatable bonds is 8. The van der Waals surface area contributed by atoms with Crippen molar-refractivity contribution in [3.8, 4) is 5.75 Å². The fourth-order valence-corrected chi connectivity index (χ4v) is 4.03. The molecular formula is C21H19Cl2N3O5S. The van der Waals surface area contributed by atoms with Crippen molar-refractivity contribution in [1.82, 2.24) is 10.9 Å².